The molecule has 0 radical (unpaired) electrons. The largest absolute Gasteiger partial charge is 0.354 e. The highest BCUT2D eigenvalue weighted by Gasteiger charge is 2.23. The summed E-state index contributed by atoms with van der Waals surface area (Å²) < 4.78 is 0. The van der Waals surface area contributed by atoms with Crippen molar-refractivity contribution in [1.29, 1.82) is 0 Å². The number of pyridine rings is 1. The van der Waals surface area contributed by atoms with Gasteiger partial charge in [-0.2, -0.15) is 0 Å². The first kappa shape index (κ1) is 16.5. The van der Waals surface area contributed by atoms with E-state index in [1.165, 1.54) is 19.3 Å². The van der Waals surface area contributed by atoms with Crippen LogP contribution in [0.4, 0.5) is 16.3 Å². The van der Waals surface area contributed by atoms with Crippen LogP contribution in [0.1, 0.15) is 38.2 Å². The van der Waals surface area contributed by atoms with Crippen molar-refractivity contribution in [3.8, 4) is 0 Å². The van der Waals surface area contributed by atoms with E-state index in [2.05, 4.69) is 32.8 Å². The summed E-state index contributed by atoms with van der Waals surface area (Å²) in [5, 5.41) is 8.28. The van der Waals surface area contributed by atoms with Crippen LogP contribution in [0.3, 0.4) is 0 Å². The van der Waals surface area contributed by atoms with Gasteiger partial charge in [-0.1, -0.05) is 0 Å². The Morgan fingerprint density at radius 1 is 1.42 bits per heavy atom. The zero-order valence-corrected chi connectivity index (χ0v) is 14.3. The van der Waals surface area contributed by atoms with Gasteiger partial charge in [-0.15, -0.1) is 0 Å². The van der Waals surface area contributed by atoms with Crippen molar-refractivity contribution in [2.75, 3.05) is 23.3 Å². The van der Waals surface area contributed by atoms with E-state index in [9.17, 15) is 9.59 Å². The van der Waals surface area contributed by atoms with E-state index < -0.39 is 0 Å². The van der Waals surface area contributed by atoms with Gasteiger partial charge < -0.3 is 20.9 Å². The molecule has 3 heterocycles. The Balaban J connectivity index is 1.61. The Labute approximate surface area is 142 Å². The van der Waals surface area contributed by atoms with Crippen molar-refractivity contribution >= 4 is 23.4 Å². The Kier molecular flexibility index (Phi) is 4.87. The number of carbonyl (C=O) groups excluding carboxylic acids is 2. The van der Waals surface area contributed by atoms with Crippen molar-refractivity contribution < 1.29 is 9.59 Å². The van der Waals surface area contributed by atoms with Crippen LogP contribution in [-0.4, -0.2) is 42.1 Å². The second-order valence-electron chi connectivity index (χ2n) is 6.71. The summed E-state index contributed by atoms with van der Waals surface area (Å²) in [6.45, 7) is 5.77. The molecule has 2 fully saturated rings. The maximum Gasteiger partial charge on any atom is 0.319 e. The lowest BCUT2D eigenvalue weighted by atomic mass is 10.0. The number of urea groups is 1. The molecule has 0 spiro atoms. The molecular weight excluding hydrogens is 306 g/mol. The highest BCUT2D eigenvalue weighted by atomic mass is 16.2. The molecule has 2 unspecified atom stereocenters. The first-order valence-corrected chi connectivity index (χ1v) is 8.60. The van der Waals surface area contributed by atoms with Crippen LogP contribution in [0.25, 0.3) is 0 Å². The molecule has 2 saturated heterocycles. The van der Waals surface area contributed by atoms with Crippen molar-refractivity contribution in [2.45, 2.75) is 51.6 Å². The topological polar surface area (TPSA) is 86.4 Å². The fourth-order valence-corrected chi connectivity index (χ4v) is 3.41. The molecular formula is C17H25N5O2. The average molecular weight is 331 g/mol. The predicted molar refractivity (Wildman–Crippen MR) is 93.2 cm³/mol. The maximum atomic E-state index is 12.0. The highest BCUT2D eigenvalue weighted by molar-refractivity contribution is 5.90. The van der Waals surface area contributed by atoms with Crippen LogP contribution in [0.5, 0.6) is 0 Å². The molecule has 2 aliphatic heterocycles. The lowest BCUT2D eigenvalue weighted by Gasteiger charge is -2.35. The number of nitrogens with one attached hydrogen (secondary N) is 3. The lowest BCUT2D eigenvalue weighted by molar-refractivity contribution is -0.119. The van der Waals surface area contributed by atoms with Gasteiger partial charge in [0.2, 0.25) is 5.91 Å². The zero-order chi connectivity index (χ0) is 17.1. The first-order valence-electron chi connectivity index (χ1n) is 8.60. The minimum Gasteiger partial charge on any atom is -0.354 e. The van der Waals surface area contributed by atoms with Gasteiger partial charge in [0.25, 0.3) is 0 Å². The van der Waals surface area contributed by atoms with Crippen LogP contribution < -0.4 is 20.9 Å². The number of aromatic nitrogens is 1. The number of hydrogen-bond acceptors (Lipinski definition) is 4. The van der Waals surface area contributed by atoms with Gasteiger partial charge in [-0.3, -0.25) is 4.79 Å². The number of rotatable bonds is 3. The fraction of sp³-hybridized carbons (Fsp3) is 0.588. The molecule has 130 valence electrons. The number of amides is 3. The molecule has 1 aromatic rings. The van der Waals surface area contributed by atoms with Crippen molar-refractivity contribution in [2.24, 2.45) is 0 Å². The number of aryl methyl sites for hydroxylation is 1. The van der Waals surface area contributed by atoms with Crippen LogP contribution >= 0.6 is 0 Å². The van der Waals surface area contributed by atoms with E-state index >= 15 is 0 Å². The fourth-order valence-electron chi connectivity index (χ4n) is 3.41. The standard InChI is InChI=1S/C17H25N5O2/c1-11-7-13(20-17(24)21-14-8-15(23)18-9-14)10-19-16(11)22-6-4-3-5-12(22)2/h7,10,12,14H,3-6,8-9H2,1-2H3,(H,18,23)(H2,20,21,24). The van der Waals surface area contributed by atoms with Crippen LogP contribution in [0.15, 0.2) is 12.3 Å². The van der Waals surface area contributed by atoms with Gasteiger partial charge >= 0.3 is 6.03 Å². The van der Waals surface area contributed by atoms with Crippen LogP contribution in [0, 0.1) is 6.92 Å². The number of carbonyl (C=O) groups is 2. The molecule has 3 N–H and O–H groups in total. The van der Waals surface area contributed by atoms with Gasteiger partial charge in [-0.25, -0.2) is 9.78 Å². The third-order valence-corrected chi connectivity index (χ3v) is 4.70. The Morgan fingerprint density at radius 2 is 2.25 bits per heavy atom. The van der Waals surface area contributed by atoms with Crippen molar-refractivity contribution in [3.63, 3.8) is 0 Å². The molecule has 7 nitrogen and oxygen atoms in total. The molecule has 2 aliphatic rings. The van der Waals surface area contributed by atoms with E-state index in [0.717, 1.165) is 17.9 Å². The normalized spacial score (nSPS) is 23.8. The van der Waals surface area contributed by atoms with Crippen LogP contribution in [0.2, 0.25) is 0 Å². The Morgan fingerprint density at radius 3 is 2.92 bits per heavy atom. The number of piperidine rings is 1. The molecule has 0 aromatic carbocycles. The summed E-state index contributed by atoms with van der Waals surface area (Å²) in [5.74, 6) is 0.969. The average Bonchev–Trinajstić information content (AvgIpc) is 2.93. The lowest BCUT2D eigenvalue weighted by Crippen LogP contribution is -2.39. The van der Waals surface area contributed by atoms with Gasteiger partial charge in [0.15, 0.2) is 0 Å². The second kappa shape index (κ2) is 7.07. The molecule has 0 aliphatic carbocycles. The summed E-state index contributed by atoms with van der Waals surface area (Å²) in [4.78, 5) is 30.1. The van der Waals surface area contributed by atoms with Gasteiger partial charge in [0, 0.05) is 25.6 Å². The predicted octanol–water partition coefficient (Wildman–Crippen LogP) is 1.78. The number of hydrogen-bond donors (Lipinski definition) is 3. The monoisotopic (exact) mass is 331 g/mol. The first-order chi connectivity index (χ1) is 11.5. The van der Waals surface area contributed by atoms with E-state index in [0.29, 0.717) is 24.7 Å². The highest BCUT2D eigenvalue weighted by Crippen LogP contribution is 2.27. The third kappa shape index (κ3) is 3.77. The Hall–Kier alpha value is -2.31. The molecule has 7 heteroatoms. The summed E-state index contributed by atoms with van der Waals surface area (Å²) >= 11 is 0. The quantitative estimate of drug-likeness (QED) is 0.788. The molecule has 1 aromatic heterocycles. The van der Waals surface area contributed by atoms with E-state index in [1.54, 1.807) is 6.20 Å². The molecule has 0 saturated carbocycles. The second-order valence-corrected chi connectivity index (χ2v) is 6.71. The van der Waals surface area contributed by atoms with E-state index in [-0.39, 0.29) is 18.0 Å². The van der Waals surface area contributed by atoms with E-state index in [1.807, 2.05) is 13.0 Å². The smallest absolute Gasteiger partial charge is 0.319 e. The molecule has 0 bridgehead atoms. The number of nitrogens with zero attached hydrogens (tertiary/aromatic N) is 2. The minimum absolute atomic E-state index is 0.0298. The minimum atomic E-state index is -0.309. The third-order valence-electron chi connectivity index (χ3n) is 4.70. The summed E-state index contributed by atoms with van der Waals surface area (Å²) in [6, 6.07) is 1.98. The summed E-state index contributed by atoms with van der Waals surface area (Å²) in [5.41, 5.74) is 1.72. The van der Waals surface area contributed by atoms with Crippen LogP contribution in [-0.2, 0) is 4.79 Å². The van der Waals surface area contributed by atoms with Gasteiger partial charge in [0.1, 0.15) is 5.82 Å². The van der Waals surface area contributed by atoms with Crippen molar-refractivity contribution in [3.05, 3.63) is 17.8 Å². The summed E-state index contributed by atoms with van der Waals surface area (Å²) in [6.07, 6.45) is 5.69. The molecule has 24 heavy (non-hydrogen) atoms. The van der Waals surface area contributed by atoms with Gasteiger partial charge in [-0.05, 0) is 44.7 Å². The zero-order valence-electron chi connectivity index (χ0n) is 14.3. The maximum absolute atomic E-state index is 12.0. The SMILES string of the molecule is Cc1cc(NC(=O)NC2CNC(=O)C2)cnc1N1CCCCC1C. The Bertz CT molecular complexity index is 633. The van der Waals surface area contributed by atoms with E-state index in [4.69, 9.17) is 0 Å². The molecule has 2 atom stereocenters. The van der Waals surface area contributed by atoms with Gasteiger partial charge in [0.05, 0.1) is 17.9 Å². The number of anilines is 2. The molecule has 3 amide bonds. The molecule has 3 rings (SSSR count). The summed E-state index contributed by atoms with van der Waals surface area (Å²) in [7, 11) is 0. The van der Waals surface area contributed by atoms with Crippen molar-refractivity contribution in [1.82, 2.24) is 15.6 Å².